The first kappa shape index (κ1) is 20.9. The maximum absolute atomic E-state index is 12.2. The first-order valence-corrected chi connectivity index (χ1v) is 9.00. The van der Waals surface area contributed by atoms with Crippen LogP contribution in [0.3, 0.4) is 0 Å². The molecule has 8 heteroatoms. The van der Waals surface area contributed by atoms with Crippen LogP contribution in [0.15, 0.2) is 36.4 Å². The minimum atomic E-state index is -0.611. The summed E-state index contributed by atoms with van der Waals surface area (Å²) in [6.45, 7) is 4.00. The lowest BCUT2D eigenvalue weighted by Gasteiger charge is -2.19. The fourth-order valence-electron chi connectivity index (χ4n) is 2.19. The molecule has 0 aromatic heterocycles. The van der Waals surface area contributed by atoms with Crippen molar-refractivity contribution in [3.8, 4) is 0 Å². The molecule has 0 saturated heterocycles. The number of hydrogen-bond acceptors (Lipinski definition) is 3. The number of rotatable bonds is 5. The fourth-order valence-corrected chi connectivity index (χ4v) is 2.54. The van der Waals surface area contributed by atoms with E-state index < -0.39 is 6.09 Å². The van der Waals surface area contributed by atoms with Gasteiger partial charge >= 0.3 is 12.1 Å². The summed E-state index contributed by atoms with van der Waals surface area (Å²) in [5, 5.41) is 6.46. The van der Waals surface area contributed by atoms with E-state index in [0.717, 1.165) is 11.1 Å². The number of amides is 3. The molecule has 2 aromatic carbocycles. The number of aryl methyl sites for hydroxylation is 2. The molecular formula is C19H21Cl2N3O3. The Bertz CT molecular complexity index is 843. The van der Waals surface area contributed by atoms with Gasteiger partial charge in [0.1, 0.15) is 6.61 Å². The van der Waals surface area contributed by atoms with Crippen LogP contribution < -0.4 is 10.6 Å². The first-order valence-electron chi connectivity index (χ1n) is 8.24. The predicted octanol–water partition coefficient (Wildman–Crippen LogP) is 5.32. The third kappa shape index (κ3) is 6.34. The molecule has 27 heavy (non-hydrogen) atoms. The van der Waals surface area contributed by atoms with Crippen molar-refractivity contribution in [3.05, 3.63) is 57.6 Å². The second kappa shape index (κ2) is 9.48. The number of hydrogen-bond donors (Lipinski definition) is 2. The van der Waals surface area contributed by atoms with Crippen molar-refractivity contribution < 1.29 is 14.3 Å². The number of benzene rings is 2. The van der Waals surface area contributed by atoms with Crippen LogP contribution in [0.5, 0.6) is 0 Å². The van der Waals surface area contributed by atoms with Gasteiger partial charge in [0.2, 0.25) is 0 Å². The summed E-state index contributed by atoms with van der Waals surface area (Å²) in [5.74, 6) is 0. The van der Waals surface area contributed by atoms with Gasteiger partial charge in [-0.1, -0.05) is 35.3 Å². The van der Waals surface area contributed by atoms with E-state index in [9.17, 15) is 9.59 Å². The second-order valence-corrected chi connectivity index (χ2v) is 6.90. The average molecular weight is 410 g/mol. The highest BCUT2D eigenvalue weighted by Gasteiger charge is 2.12. The van der Waals surface area contributed by atoms with Crippen LogP contribution in [0.2, 0.25) is 10.0 Å². The maximum Gasteiger partial charge on any atom is 0.411 e. The van der Waals surface area contributed by atoms with Crippen molar-refractivity contribution in [3.63, 3.8) is 0 Å². The summed E-state index contributed by atoms with van der Waals surface area (Å²) in [5.41, 5.74) is 2.97. The van der Waals surface area contributed by atoms with E-state index in [1.54, 1.807) is 37.4 Å². The quantitative estimate of drug-likeness (QED) is 0.701. The lowest BCUT2D eigenvalue weighted by molar-refractivity contribution is 0.149. The van der Waals surface area contributed by atoms with Gasteiger partial charge in [-0.15, -0.1) is 0 Å². The molecule has 2 N–H and O–H groups in total. The normalized spacial score (nSPS) is 10.3. The van der Waals surface area contributed by atoms with Gasteiger partial charge in [0, 0.05) is 28.5 Å². The largest absolute Gasteiger partial charge is 0.447 e. The summed E-state index contributed by atoms with van der Waals surface area (Å²) < 4.78 is 5.12. The molecule has 0 saturated carbocycles. The van der Waals surface area contributed by atoms with E-state index in [2.05, 4.69) is 10.6 Å². The van der Waals surface area contributed by atoms with Gasteiger partial charge in [0.05, 0.1) is 6.54 Å². The minimum absolute atomic E-state index is 0.0455. The molecule has 6 nitrogen and oxygen atoms in total. The molecule has 2 aromatic rings. The Labute approximate surface area is 168 Å². The summed E-state index contributed by atoms with van der Waals surface area (Å²) in [6.07, 6.45) is -0.611. The molecule has 0 aliphatic rings. The lowest BCUT2D eigenvalue weighted by Crippen LogP contribution is -2.34. The Morgan fingerprint density at radius 3 is 2.04 bits per heavy atom. The van der Waals surface area contributed by atoms with Crippen LogP contribution >= 0.6 is 23.2 Å². The van der Waals surface area contributed by atoms with Crippen LogP contribution in [0.1, 0.15) is 11.1 Å². The molecule has 144 valence electrons. The lowest BCUT2D eigenvalue weighted by atomic mass is 10.2. The summed E-state index contributed by atoms with van der Waals surface area (Å²) >= 11 is 11.9. The van der Waals surface area contributed by atoms with Crippen LogP contribution in [0, 0.1) is 13.8 Å². The summed E-state index contributed by atoms with van der Waals surface area (Å²) in [6, 6.07) is 10.1. The molecule has 0 aliphatic heterocycles. The molecule has 0 atom stereocenters. The van der Waals surface area contributed by atoms with E-state index >= 15 is 0 Å². The number of ether oxygens (including phenoxy) is 1. The molecule has 0 bridgehead atoms. The van der Waals surface area contributed by atoms with Crippen LogP contribution in [-0.4, -0.2) is 37.2 Å². The van der Waals surface area contributed by atoms with Crippen molar-refractivity contribution in [2.75, 3.05) is 30.8 Å². The molecule has 3 amide bonds. The average Bonchev–Trinajstić information content (AvgIpc) is 2.61. The third-order valence-electron chi connectivity index (χ3n) is 3.88. The van der Waals surface area contributed by atoms with Gasteiger partial charge in [-0.25, -0.2) is 9.59 Å². The Hall–Kier alpha value is -2.44. The zero-order chi connectivity index (χ0) is 20.0. The monoisotopic (exact) mass is 409 g/mol. The SMILES string of the molecule is Cc1ccc(Cl)cc1NC(=O)OCCN(C)C(=O)Nc1cc(Cl)ccc1C. The number of urea groups is 1. The highest BCUT2D eigenvalue weighted by atomic mass is 35.5. The summed E-state index contributed by atoms with van der Waals surface area (Å²) in [7, 11) is 1.61. The van der Waals surface area contributed by atoms with Gasteiger partial charge in [0.25, 0.3) is 0 Å². The molecular weight excluding hydrogens is 389 g/mol. The van der Waals surface area contributed by atoms with Crippen molar-refractivity contribution in [2.45, 2.75) is 13.8 Å². The minimum Gasteiger partial charge on any atom is -0.447 e. The number of carbonyl (C=O) groups is 2. The number of carbonyl (C=O) groups excluding carboxylic acids is 2. The first-order chi connectivity index (χ1) is 12.8. The zero-order valence-corrected chi connectivity index (χ0v) is 16.8. The molecule has 0 aliphatic carbocycles. The molecule has 0 radical (unpaired) electrons. The molecule has 2 rings (SSSR count). The highest BCUT2D eigenvalue weighted by Crippen LogP contribution is 2.21. The summed E-state index contributed by atoms with van der Waals surface area (Å²) in [4.78, 5) is 25.5. The van der Waals surface area contributed by atoms with E-state index in [1.807, 2.05) is 19.9 Å². The molecule has 0 heterocycles. The third-order valence-corrected chi connectivity index (χ3v) is 4.35. The Kier molecular flexibility index (Phi) is 7.33. The van der Waals surface area contributed by atoms with E-state index in [0.29, 0.717) is 21.4 Å². The Morgan fingerprint density at radius 2 is 1.48 bits per heavy atom. The number of halogens is 2. The number of anilines is 2. The van der Waals surface area contributed by atoms with Crippen molar-refractivity contribution in [1.82, 2.24) is 4.90 Å². The Balaban J connectivity index is 1.80. The molecule has 0 spiro atoms. The van der Waals surface area contributed by atoms with Gasteiger partial charge < -0.3 is 15.0 Å². The smallest absolute Gasteiger partial charge is 0.411 e. The fraction of sp³-hybridized carbons (Fsp3) is 0.263. The van der Waals surface area contributed by atoms with E-state index in [4.69, 9.17) is 27.9 Å². The van der Waals surface area contributed by atoms with E-state index in [-0.39, 0.29) is 19.2 Å². The standard InChI is InChI=1S/C19H21Cl2N3O3/c1-12-4-6-14(20)10-16(12)22-18(25)24(3)8-9-27-19(26)23-17-11-15(21)7-5-13(17)2/h4-7,10-11H,8-9H2,1-3H3,(H,22,25)(H,23,26). The van der Waals surface area contributed by atoms with E-state index in [1.165, 1.54) is 4.90 Å². The zero-order valence-electron chi connectivity index (χ0n) is 15.3. The van der Waals surface area contributed by atoms with Crippen molar-refractivity contribution in [2.24, 2.45) is 0 Å². The van der Waals surface area contributed by atoms with Crippen molar-refractivity contribution >= 4 is 46.7 Å². The number of nitrogens with one attached hydrogen (secondary N) is 2. The number of nitrogens with zero attached hydrogens (tertiary/aromatic N) is 1. The maximum atomic E-state index is 12.2. The Morgan fingerprint density at radius 1 is 0.963 bits per heavy atom. The van der Waals surface area contributed by atoms with Gasteiger partial charge in [0.15, 0.2) is 0 Å². The second-order valence-electron chi connectivity index (χ2n) is 6.03. The topological polar surface area (TPSA) is 70.7 Å². The highest BCUT2D eigenvalue weighted by molar-refractivity contribution is 6.31. The van der Waals surface area contributed by atoms with Gasteiger partial charge in [-0.3, -0.25) is 5.32 Å². The molecule has 0 fully saturated rings. The predicted molar refractivity (Wildman–Crippen MR) is 109 cm³/mol. The van der Waals surface area contributed by atoms with Crippen molar-refractivity contribution in [1.29, 1.82) is 0 Å². The van der Waals surface area contributed by atoms with Gasteiger partial charge in [-0.05, 0) is 49.2 Å². The van der Waals surface area contributed by atoms with Crippen LogP contribution in [0.4, 0.5) is 21.0 Å². The van der Waals surface area contributed by atoms with Crippen LogP contribution in [-0.2, 0) is 4.74 Å². The van der Waals surface area contributed by atoms with Gasteiger partial charge in [-0.2, -0.15) is 0 Å². The van der Waals surface area contributed by atoms with Crippen LogP contribution in [0.25, 0.3) is 0 Å². The molecule has 0 unspecified atom stereocenters. The number of likely N-dealkylation sites (N-methyl/N-ethyl adjacent to an activating group) is 1.